The van der Waals surface area contributed by atoms with Gasteiger partial charge in [0, 0.05) is 12.5 Å². The molecule has 0 bridgehead atoms. The summed E-state index contributed by atoms with van der Waals surface area (Å²) in [5, 5.41) is 0.322. The molecule has 0 aliphatic carbocycles. The largest absolute Gasteiger partial charge is 0.425 e. The number of rotatable bonds is 3. The number of carbonyl (C=O) groups is 1. The van der Waals surface area contributed by atoms with Gasteiger partial charge in [-0.1, -0.05) is 18.5 Å². The Kier molecular flexibility index (Phi) is 3.71. The Morgan fingerprint density at radius 1 is 1.77 bits per heavy atom. The van der Waals surface area contributed by atoms with Gasteiger partial charge in [0.1, 0.15) is 5.02 Å². The van der Waals surface area contributed by atoms with E-state index in [2.05, 4.69) is 11.2 Å². The summed E-state index contributed by atoms with van der Waals surface area (Å²) in [6.07, 6.45) is 5.07. The van der Waals surface area contributed by atoms with Crippen LogP contribution in [0, 0.1) is 6.20 Å². The third-order valence-corrected chi connectivity index (χ3v) is 1.65. The van der Waals surface area contributed by atoms with Crippen LogP contribution >= 0.6 is 11.6 Å². The van der Waals surface area contributed by atoms with Gasteiger partial charge in [0.15, 0.2) is 5.75 Å². The molecule has 0 N–H and O–H groups in total. The molecule has 0 fully saturated rings. The van der Waals surface area contributed by atoms with Crippen LogP contribution in [0.4, 0.5) is 0 Å². The van der Waals surface area contributed by atoms with E-state index in [0.29, 0.717) is 17.2 Å². The van der Waals surface area contributed by atoms with Crippen molar-refractivity contribution in [3.05, 3.63) is 23.5 Å². The highest BCUT2D eigenvalue weighted by Crippen LogP contribution is 2.21. The highest BCUT2D eigenvalue weighted by Gasteiger charge is 2.06. The van der Waals surface area contributed by atoms with E-state index < -0.39 is 0 Å². The first-order valence-electron chi connectivity index (χ1n) is 3.96. The third-order valence-electron chi connectivity index (χ3n) is 1.36. The van der Waals surface area contributed by atoms with Crippen LogP contribution in [-0.4, -0.2) is 11.0 Å². The quantitative estimate of drug-likeness (QED) is 0.700. The summed E-state index contributed by atoms with van der Waals surface area (Å²) in [5.74, 6) is 0.0270. The van der Waals surface area contributed by atoms with E-state index in [0.717, 1.165) is 6.42 Å². The number of esters is 1. The van der Waals surface area contributed by atoms with Gasteiger partial charge in [-0.15, -0.1) is 0 Å². The predicted molar refractivity (Wildman–Crippen MR) is 48.6 cm³/mol. The van der Waals surface area contributed by atoms with Crippen LogP contribution in [-0.2, 0) is 4.79 Å². The molecule has 13 heavy (non-hydrogen) atoms. The van der Waals surface area contributed by atoms with Crippen molar-refractivity contribution in [2.75, 3.05) is 0 Å². The Labute approximate surface area is 81.7 Å². The summed E-state index contributed by atoms with van der Waals surface area (Å²) in [4.78, 5) is 14.7. The van der Waals surface area contributed by atoms with Crippen molar-refractivity contribution in [1.82, 2.24) is 4.98 Å². The molecule has 1 heterocycles. The fourth-order valence-electron chi connectivity index (χ4n) is 0.778. The van der Waals surface area contributed by atoms with Crippen LogP contribution in [0.5, 0.6) is 5.75 Å². The van der Waals surface area contributed by atoms with Crippen LogP contribution in [0.15, 0.2) is 12.3 Å². The van der Waals surface area contributed by atoms with Crippen LogP contribution in [0.3, 0.4) is 0 Å². The number of halogens is 1. The zero-order chi connectivity index (χ0) is 9.68. The van der Waals surface area contributed by atoms with E-state index in [1.165, 1.54) is 12.3 Å². The fourth-order valence-corrected chi connectivity index (χ4v) is 0.920. The SMILES string of the molecule is CCCC(=O)Oc1c[c]ncc1Cl. The minimum absolute atomic E-state index is 0.288. The lowest BCUT2D eigenvalue weighted by Gasteiger charge is -2.03. The molecule has 1 aromatic heterocycles. The zero-order valence-corrected chi connectivity index (χ0v) is 7.97. The molecule has 0 amide bonds. The standard InChI is InChI=1S/C9H9ClNO2/c1-2-3-9(12)13-8-4-5-11-6-7(8)10/h4,6H,2-3H2,1H3. The van der Waals surface area contributed by atoms with Crippen molar-refractivity contribution in [3.63, 3.8) is 0 Å². The van der Waals surface area contributed by atoms with Crippen molar-refractivity contribution < 1.29 is 9.53 Å². The van der Waals surface area contributed by atoms with Crippen molar-refractivity contribution in [1.29, 1.82) is 0 Å². The van der Waals surface area contributed by atoms with Gasteiger partial charge >= 0.3 is 5.97 Å². The summed E-state index contributed by atoms with van der Waals surface area (Å²) in [6, 6.07) is 1.44. The minimum atomic E-state index is -0.288. The molecule has 0 saturated carbocycles. The summed E-state index contributed by atoms with van der Waals surface area (Å²) >= 11 is 5.71. The summed E-state index contributed by atoms with van der Waals surface area (Å²) in [5.41, 5.74) is 0. The lowest BCUT2D eigenvalue weighted by molar-refractivity contribution is -0.134. The van der Waals surface area contributed by atoms with Gasteiger partial charge in [-0.05, 0) is 6.42 Å². The van der Waals surface area contributed by atoms with Gasteiger partial charge in [-0.2, -0.15) is 0 Å². The Morgan fingerprint density at radius 3 is 3.15 bits per heavy atom. The van der Waals surface area contributed by atoms with E-state index in [1.54, 1.807) is 0 Å². The maximum absolute atomic E-state index is 11.0. The van der Waals surface area contributed by atoms with E-state index in [1.807, 2.05) is 6.92 Å². The molecule has 0 saturated heterocycles. The van der Waals surface area contributed by atoms with Gasteiger partial charge in [0.25, 0.3) is 0 Å². The molecule has 0 unspecified atom stereocenters. The number of pyridine rings is 1. The number of hydrogen-bond donors (Lipinski definition) is 0. The third kappa shape index (κ3) is 3.03. The molecule has 0 spiro atoms. The molecule has 1 radical (unpaired) electrons. The molecular weight excluding hydrogens is 190 g/mol. The molecule has 0 aliphatic rings. The normalized spacial score (nSPS) is 9.69. The predicted octanol–water partition coefficient (Wildman–Crippen LogP) is 2.24. The maximum atomic E-state index is 11.0. The second-order valence-corrected chi connectivity index (χ2v) is 2.88. The molecular formula is C9H9ClNO2. The van der Waals surface area contributed by atoms with E-state index >= 15 is 0 Å². The van der Waals surface area contributed by atoms with Crippen molar-refractivity contribution in [2.45, 2.75) is 19.8 Å². The van der Waals surface area contributed by atoms with Crippen LogP contribution in [0.1, 0.15) is 19.8 Å². The Hall–Kier alpha value is -1.09. The second-order valence-electron chi connectivity index (χ2n) is 2.47. The molecule has 0 aromatic carbocycles. The average Bonchev–Trinajstić information content (AvgIpc) is 2.09. The van der Waals surface area contributed by atoms with E-state index in [9.17, 15) is 4.79 Å². The first-order valence-corrected chi connectivity index (χ1v) is 4.34. The summed E-state index contributed by atoms with van der Waals surface area (Å²) in [6.45, 7) is 1.90. The average molecular weight is 199 g/mol. The van der Waals surface area contributed by atoms with Gasteiger partial charge in [0.2, 0.25) is 0 Å². The molecule has 1 rings (SSSR count). The van der Waals surface area contributed by atoms with E-state index in [4.69, 9.17) is 16.3 Å². The number of carbonyl (C=O) groups excluding carboxylic acids is 1. The van der Waals surface area contributed by atoms with Gasteiger partial charge < -0.3 is 4.74 Å². The molecule has 69 valence electrons. The number of hydrogen-bond acceptors (Lipinski definition) is 3. The Balaban J connectivity index is 2.63. The van der Waals surface area contributed by atoms with Gasteiger partial charge in [-0.3, -0.25) is 9.78 Å². The summed E-state index contributed by atoms with van der Waals surface area (Å²) in [7, 11) is 0. The Morgan fingerprint density at radius 2 is 2.54 bits per heavy atom. The van der Waals surface area contributed by atoms with Gasteiger partial charge in [0.05, 0.1) is 12.4 Å². The Bertz CT molecular complexity index is 301. The zero-order valence-electron chi connectivity index (χ0n) is 7.21. The molecule has 0 aliphatic heterocycles. The smallest absolute Gasteiger partial charge is 0.311 e. The highest BCUT2D eigenvalue weighted by molar-refractivity contribution is 6.32. The second kappa shape index (κ2) is 4.82. The number of ether oxygens (including phenoxy) is 1. The first-order chi connectivity index (χ1) is 6.24. The molecule has 3 nitrogen and oxygen atoms in total. The lowest BCUT2D eigenvalue weighted by Crippen LogP contribution is -2.07. The minimum Gasteiger partial charge on any atom is -0.425 e. The van der Waals surface area contributed by atoms with Crippen molar-refractivity contribution >= 4 is 17.6 Å². The molecule has 0 atom stereocenters. The topological polar surface area (TPSA) is 39.2 Å². The van der Waals surface area contributed by atoms with E-state index in [-0.39, 0.29) is 5.97 Å². The fraction of sp³-hybridized carbons (Fsp3) is 0.333. The summed E-state index contributed by atoms with van der Waals surface area (Å²) < 4.78 is 4.94. The lowest BCUT2D eigenvalue weighted by atomic mass is 10.3. The van der Waals surface area contributed by atoms with Gasteiger partial charge in [-0.25, -0.2) is 0 Å². The van der Waals surface area contributed by atoms with Crippen molar-refractivity contribution in [3.8, 4) is 5.75 Å². The molecule has 1 aromatic rings. The van der Waals surface area contributed by atoms with Crippen molar-refractivity contribution in [2.24, 2.45) is 0 Å². The first kappa shape index (κ1) is 9.99. The highest BCUT2D eigenvalue weighted by atomic mass is 35.5. The number of nitrogens with zero attached hydrogens (tertiary/aromatic N) is 1. The molecule has 4 heteroatoms. The number of aromatic nitrogens is 1. The van der Waals surface area contributed by atoms with Crippen LogP contribution in [0.25, 0.3) is 0 Å². The van der Waals surface area contributed by atoms with Crippen LogP contribution in [0.2, 0.25) is 5.02 Å². The monoisotopic (exact) mass is 198 g/mol. The maximum Gasteiger partial charge on any atom is 0.311 e. The van der Waals surface area contributed by atoms with Crippen LogP contribution < -0.4 is 4.74 Å².